The van der Waals surface area contributed by atoms with Crippen molar-refractivity contribution in [1.29, 1.82) is 0 Å². The molecule has 5 heteroatoms. The number of ketones is 1. The molecule has 0 unspecified atom stereocenters. The maximum atomic E-state index is 12.1. The van der Waals surface area contributed by atoms with Crippen LogP contribution in [0, 0.1) is 5.92 Å². The van der Waals surface area contributed by atoms with Crippen LogP contribution in [0.2, 0.25) is 0 Å². The summed E-state index contributed by atoms with van der Waals surface area (Å²) in [5.74, 6) is 1.13. The SMILES string of the molecule is O=C=Nc1cc2c(cc1C(=O)C1CC1)OCCO2. The molecule has 1 aliphatic heterocycles. The van der Waals surface area contributed by atoms with Gasteiger partial charge in [-0.3, -0.25) is 4.79 Å². The molecular formula is C13H11NO4. The predicted octanol–water partition coefficient (Wildman–Crippen LogP) is 2.02. The third kappa shape index (κ3) is 1.89. The van der Waals surface area contributed by atoms with E-state index in [-0.39, 0.29) is 11.7 Å². The Bertz CT molecular complexity index is 556. The fourth-order valence-electron chi connectivity index (χ4n) is 1.98. The Morgan fingerprint density at radius 3 is 2.50 bits per heavy atom. The number of benzene rings is 1. The summed E-state index contributed by atoms with van der Waals surface area (Å²) < 4.78 is 10.8. The molecule has 5 nitrogen and oxygen atoms in total. The molecule has 0 amide bonds. The number of ether oxygens (including phenoxy) is 2. The van der Waals surface area contributed by atoms with Gasteiger partial charge in [0.05, 0.1) is 5.69 Å². The summed E-state index contributed by atoms with van der Waals surface area (Å²) in [5.41, 5.74) is 0.733. The molecule has 0 spiro atoms. The highest BCUT2D eigenvalue weighted by Gasteiger charge is 2.33. The van der Waals surface area contributed by atoms with Crippen molar-refractivity contribution in [3.63, 3.8) is 0 Å². The van der Waals surface area contributed by atoms with Crippen LogP contribution in [0.5, 0.6) is 11.5 Å². The van der Waals surface area contributed by atoms with Crippen LogP contribution in [0.3, 0.4) is 0 Å². The maximum absolute atomic E-state index is 12.1. The summed E-state index contributed by atoms with van der Waals surface area (Å²) in [5, 5.41) is 0. The van der Waals surface area contributed by atoms with Gasteiger partial charge in [-0.05, 0) is 18.9 Å². The highest BCUT2D eigenvalue weighted by atomic mass is 16.6. The largest absolute Gasteiger partial charge is 0.486 e. The third-order valence-corrected chi connectivity index (χ3v) is 3.04. The second kappa shape index (κ2) is 4.27. The molecule has 1 aromatic carbocycles. The lowest BCUT2D eigenvalue weighted by molar-refractivity contribution is 0.0967. The Hall–Kier alpha value is -2.13. The molecule has 92 valence electrons. The Kier molecular flexibility index (Phi) is 2.61. The van der Waals surface area contributed by atoms with Gasteiger partial charge in [0.1, 0.15) is 13.2 Å². The molecule has 0 saturated heterocycles. The Morgan fingerprint density at radius 1 is 1.22 bits per heavy atom. The standard InChI is InChI=1S/C13H11NO4/c15-7-14-10-6-12-11(17-3-4-18-12)5-9(10)13(16)8-1-2-8/h5-6,8H,1-4H2. The molecule has 2 aliphatic rings. The van der Waals surface area contributed by atoms with Gasteiger partial charge in [0.2, 0.25) is 6.08 Å². The number of carbonyl (C=O) groups is 1. The van der Waals surface area contributed by atoms with Crippen LogP contribution in [0.4, 0.5) is 5.69 Å². The highest BCUT2D eigenvalue weighted by molar-refractivity contribution is 6.04. The van der Waals surface area contributed by atoms with Crippen molar-refractivity contribution < 1.29 is 19.1 Å². The Morgan fingerprint density at radius 2 is 1.89 bits per heavy atom. The van der Waals surface area contributed by atoms with E-state index in [0.29, 0.717) is 36.0 Å². The summed E-state index contributed by atoms with van der Waals surface area (Å²) in [6.07, 6.45) is 3.27. The fourth-order valence-corrected chi connectivity index (χ4v) is 1.98. The lowest BCUT2D eigenvalue weighted by Crippen LogP contribution is -2.16. The molecule has 0 aromatic heterocycles. The molecule has 1 saturated carbocycles. The van der Waals surface area contributed by atoms with Crippen LogP contribution < -0.4 is 9.47 Å². The van der Waals surface area contributed by atoms with Crippen LogP contribution in [0.15, 0.2) is 17.1 Å². The average Bonchev–Trinajstić information content (AvgIpc) is 3.22. The van der Waals surface area contributed by atoms with Gasteiger partial charge >= 0.3 is 0 Å². The number of carbonyl (C=O) groups excluding carboxylic acids is 2. The van der Waals surface area contributed by atoms with Gasteiger partial charge in [-0.2, -0.15) is 4.99 Å². The second-order valence-corrected chi connectivity index (χ2v) is 4.35. The number of isocyanates is 1. The van der Waals surface area contributed by atoms with Crippen molar-refractivity contribution in [1.82, 2.24) is 0 Å². The molecule has 1 aromatic rings. The smallest absolute Gasteiger partial charge is 0.240 e. The zero-order chi connectivity index (χ0) is 12.5. The zero-order valence-corrected chi connectivity index (χ0v) is 9.64. The monoisotopic (exact) mass is 245 g/mol. The fraction of sp³-hybridized carbons (Fsp3) is 0.385. The number of aliphatic imine (C=N–C) groups is 1. The Balaban J connectivity index is 2.08. The van der Waals surface area contributed by atoms with E-state index in [0.717, 1.165) is 12.8 Å². The van der Waals surface area contributed by atoms with Crippen molar-refractivity contribution in [3.8, 4) is 11.5 Å². The molecule has 0 radical (unpaired) electrons. The number of hydrogen-bond acceptors (Lipinski definition) is 5. The molecule has 0 atom stereocenters. The van der Waals surface area contributed by atoms with Gasteiger partial charge in [-0.15, -0.1) is 0 Å². The Labute approximate surface area is 103 Å². The summed E-state index contributed by atoms with van der Waals surface area (Å²) in [6, 6.07) is 3.18. The van der Waals surface area contributed by atoms with E-state index < -0.39 is 0 Å². The lowest BCUT2D eigenvalue weighted by Gasteiger charge is -2.19. The summed E-state index contributed by atoms with van der Waals surface area (Å²) in [7, 11) is 0. The maximum Gasteiger partial charge on any atom is 0.240 e. The first-order valence-electron chi connectivity index (χ1n) is 5.85. The first-order chi connectivity index (χ1) is 8.79. The molecular weight excluding hydrogens is 234 g/mol. The van der Waals surface area contributed by atoms with Crippen LogP contribution >= 0.6 is 0 Å². The summed E-state index contributed by atoms with van der Waals surface area (Å²) >= 11 is 0. The van der Waals surface area contributed by atoms with Gasteiger partial charge < -0.3 is 9.47 Å². The third-order valence-electron chi connectivity index (χ3n) is 3.04. The van der Waals surface area contributed by atoms with Crippen molar-refractivity contribution in [3.05, 3.63) is 17.7 Å². The molecule has 0 bridgehead atoms. The van der Waals surface area contributed by atoms with Gasteiger partial charge in [0.15, 0.2) is 17.3 Å². The van der Waals surface area contributed by atoms with Crippen LogP contribution in [0.1, 0.15) is 23.2 Å². The van der Waals surface area contributed by atoms with Crippen LogP contribution in [-0.2, 0) is 4.79 Å². The van der Waals surface area contributed by atoms with E-state index in [1.807, 2.05) is 0 Å². The number of fused-ring (bicyclic) bond motifs is 1. The number of rotatable bonds is 3. The molecule has 18 heavy (non-hydrogen) atoms. The number of nitrogens with zero attached hydrogens (tertiary/aromatic N) is 1. The van der Waals surface area contributed by atoms with E-state index in [1.54, 1.807) is 12.1 Å². The van der Waals surface area contributed by atoms with Crippen molar-refractivity contribution in [2.45, 2.75) is 12.8 Å². The number of Topliss-reactive ketones (excluding diaryl/α,β-unsaturated/α-hetero) is 1. The molecule has 1 aliphatic carbocycles. The minimum absolute atomic E-state index is 0.0148. The minimum atomic E-state index is 0.0148. The zero-order valence-electron chi connectivity index (χ0n) is 9.64. The van der Waals surface area contributed by atoms with Gasteiger partial charge in [-0.1, -0.05) is 0 Å². The van der Waals surface area contributed by atoms with E-state index in [9.17, 15) is 9.59 Å². The van der Waals surface area contributed by atoms with Crippen LogP contribution in [0.25, 0.3) is 0 Å². The van der Waals surface area contributed by atoms with Gasteiger partial charge in [0, 0.05) is 17.5 Å². The second-order valence-electron chi connectivity index (χ2n) is 4.35. The number of hydrogen-bond donors (Lipinski definition) is 0. The van der Waals surface area contributed by atoms with Gasteiger partial charge in [-0.25, -0.2) is 4.79 Å². The van der Waals surface area contributed by atoms with Crippen molar-refractivity contribution >= 4 is 17.6 Å². The average molecular weight is 245 g/mol. The highest BCUT2D eigenvalue weighted by Crippen LogP contribution is 2.41. The topological polar surface area (TPSA) is 65.0 Å². The molecule has 3 rings (SSSR count). The quantitative estimate of drug-likeness (QED) is 0.464. The van der Waals surface area contributed by atoms with Crippen LogP contribution in [-0.4, -0.2) is 25.1 Å². The van der Waals surface area contributed by atoms with Gasteiger partial charge in [0.25, 0.3) is 0 Å². The summed E-state index contributed by atoms with van der Waals surface area (Å²) in [6.45, 7) is 0.910. The van der Waals surface area contributed by atoms with E-state index >= 15 is 0 Å². The minimum Gasteiger partial charge on any atom is -0.486 e. The van der Waals surface area contributed by atoms with E-state index in [2.05, 4.69) is 4.99 Å². The van der Waals surface area contributed by atoms with Crippen molar-refractivity contribution in [2.24, 2.45) is 10.9 Å². The normalized spacial score (nSPS) is 16.9. The first kappa shape index (κ1) is 11.0. The van der Waals surface area contributed by atoms with Crippen molar-refractivity contribution in [2.75, 3.05) is 13.2 Å². The first-order valence-corrected chi connectivity index (χ1v) is 5.85. The lowest BCUT2D eigenvalue weighted by atomic mass is 10.0. The van der Waals surface area contributed by atoms with E-state index in [4.69, 9.17) is 9.47 Å². The van der Waals surface area contributed by atoms with E-state index in [1.165, 1.54) is 6.08 Å². The molecule has 0 N–H and O–H groups in total. The summed E-state index contributed by atoms with van der Waals surface area (Å²) in [4.78, 5) is 26.1. The predicted molar refractivity (Wildman–Crippen MR) is 62.3 cm³/mol. The molecule has 1 fully saturated rings. The molecule has 1 heterocycles.